The van der Waals surface area contributed by atoms with Gasteiger partial charge < -0.3 is 14.4 Å². The van der Waals surface area contributed by atoms with Crippen LogP contribution in [0.2, 0.25) is 0 Å². The summed E-state index contributed by atoms with van der Waals surface area (Å²) < 4.78 is 64.6. The molecule has 33 heavy (non-hydrogen) atoms. The van der Waals surface area contributed by atoms with Crippen LogP contribution in [-0.4, -0.2) is 27.1 Å². The Balaban J connectivity index is 1.25. The van der Waals surface area contributed by atoms with Crippen molar-refractivity contribution in [3.05, 3.63) is 70.0 Å². The molecule has 0 unspecified atom stereocenters. The van der Waals surface area contributed by atoms with Gasteiger partial charge in [-0.2, -0.15) is 18.2 Å². The Hall–Kier alpha value is -3.63. The number of benzene rings is 1. The zero-order valence-electron chi connectivity index (χ0n) is 17.2. The molecule has 0 radical (unpaired) electrons. The molecule has 172 valence electrons. The highest BCUT2D eigenvalue weighted by Crippen LogP contribution is 2.35. The number of ether oxygens (including phenoxy) is 2. The van der Waals surface area contributed by atoms with Gasteiger partial charge in [0.1, 0.15) is 24.0 Å². The number of hydrogen-bond donors (Lipinski definition) is 0. The second-order valence-electron chi connectivity index (χ2n) is 7.87. The minimum Gasteiger partial charge on any atom is -0.473 e. The van der Waals surface area contributed by atoms with Crippen LogP contribution in [0.15, 0.2) is 47.4 Å². The van der Waals surface area contributed by atoms with E-state index in [2.05, 4.69) is 14.9 Å². The molecule has 0 aliphatic carbocycles. The minimum absolute atomic E-state index is 0.0347. The normalized spacial score (nSPS) is 17.1. The number of nitrogens with zero attached hydrogens (tertiary/aromatic N) is 4. The SMILES string of the molecule is O=c1nc(OCc2ccc(Oc3ccc(F)c(C(F)(F)F)c3)nc2)cc2n1C[C@@H]1CCCN21. The quantitative estimate of drug-likeness (QED) is 0.531. The summed E-state index contributed by atoms with van der Waals surface area (Å²) in [6.07, 6.45) is -1.26. The van der Waals surface area contributed by atoms with Crippen molar-refractivity contribution in [2.45, 2.75) is 38.2 Å². The molecule has 0 N–H and O–H groups in total. The van der Waals surface area contributed by atoms with E-state index < -0.39 is 17.6 Å². The fraction of sp³-hybridized carbons (Fsp3) is 0.318. The number of aromatic nitrogens is 3. The third-order valence-electron chi connectivity index (χ3n) is 5.68. The Labute approximate surface area is 185 Å². The van der Waals surface area contributed by atoms with Crippen molar-refractivity contribution < 1.29 is 27.0 Å². The van der Waals surface area contributed by atoms with Gasteiger partial charge in [0, 0.05) is 43.0 Å². The van der Waals surface area contributed by atoms with Crippen LogP contribution in [0.1, 0.15) is 24.0 Å². The monoisotopic (exact) mass is 462 g/mol. The van der Waals surface area contributed by atoms with Gasteiger partial charge in [-0.25, -0.2) is 14.2 Å². The zero-order valence-corrected chi connectivity index (χ0v) is 17.2. The molecule has 7 nitrogen and oxygen atoms in total. The summed E-state index contributed by atoms with van der Waals surface area (Å²) in [7, 11) is 0. The van der Waals surface area contributed by atoms with Gasteiger partial charge in [-0.15, -0.1) is 0 Å². The standard InChI is InChI=1S/C22H18F4N4O3/c23-17-5-4-15(8-16(17)22(24,25)26)33-18-6-3-13(10-27-18)12-32-19-9-20-29-7-1-2-14(29)11-30(20)21(31)28-19/h3-6,8-10,14H,1-2,7,11-12H2/t14-/m0/s1. The summed E-state index contributed by atoms with van der Waals surface area (Å²) in [5.74, 6) is -0.511. The molecular formula is C22H18F4N4O3. The van der Waals surface area contributed by atoms with Gasteiger partial charge in [-0.1, -0.05) is 0 Å². The van der Waals surface area contributed by atoms with Crippen LogP contribution in [0.5, 0.6) is 17.5 Å². The van der Waals surface area contributed by atoms with E-state index in [4.69, 9.17) is 9.47 Å². The Morgan fingerprint density at radius 1 is 1.12 bits per heavy atom. The molecule has 0 amide bonds. The average molecular weight is 462 g/mol. The van der Waals surface area contributed by atoms with E-state index in [1.165, 1.54) is 12.3 Å². The van der Waals surface area contributed by atoms with E-state index >= 15 is 0 Å². The second-order valence-corrected chi connectivity index (χ2v) is 7.87. The predicted octanol–water partition coefficient (Wildman–Crippen LogP) is 4.15. The lowest BCUT2D eigenvalue weighted by molar-refractivity contribution is -0.140. The minimum atomic E-state index is -4.83. The first-order chi connectivity index (χ1) is 15.8. The molecule has 0 saturated carbocycles. The largest absolute Gasteiger partial charge is 0.473 e. The molecule has 1 aromatic carbocycles. The maximum absolute atomic E-state index is 13.4. The topological polar surface area (TPSA) is 69.5 Å². The molecule has 5 rings (SSSR count). The summed E-state index contributed by atoms with van der Waals surface area (Å²) >= 11 is 0. The molecule has 1 atom stereocenters. The Bertz CT molecular complexity index is 1240. The zero-order chi connectivity index (χ0) is 23.2. The van der Waals surface area contributed by atoms with Crippen LogP contribution in [-0.2, 0) is 19.3 Å². The summed E-state index contributed by atoms with van der Waals surface area (Å²) in [6, 6.07) is 7.52. The summed E-state index contributed by atoms with van der Waals surface area (Å²) in [5, 5.41) is 0. The number of rotatable bonds is 5. The van der Waals surface area contributed by atoms with Crippen LogP contribution < -0.4 is 20.1 Å². The lowest BCUT2D eigenvalue weighted by atomic mass is 10.2. The maximum Gasteiger partial charge on any atom is 0.419 e. The van der Waals surface area contributed by atoms with Gasteiger partial charge in [-0.05, 0) is 37.1 Å². The predicted molar refractivity (Wildman–Crippen MR) is 109 cm³/mol. The van der Waals surface area contributed by atoms with Crippen molar-refractivity contribution in [1.82, 2.24) is 14.5 Å². The van der Waals surface area contributed by atoms with E-state index in [1.54, 1.807) is 16.7 Å². The van der Waals surface area contributed by atoms with Crippen molar-refractivity contribution in [1.29, 1.82) is 0 Å². The smallest absolute Gasteiger partial charge is 0.419 e. The Morgan fingerprint density at radius 3 is 2.73 bits per heavy atom. The summed E-state index contributed by atoms with van der Waals surface area (Å²) in [6.45, 7) is 1.63. The number of alkyl halides is 3. The molecule has 0 bridgehead atoms. The lowest BCUT2D eigenvalue weighted by Gasteiger charge is -2.17. The van der Waals surface area contributed by atoms with E-state index in [9.17, 15) is 22.4 Å². The second kappa shape index (κ2) is 8.05. The third kappa shape index (κ3) is 4.22. The van der Waals surface area contributed by atoms with Crippen molar-refractivity contribution in [2.24, 2.45) is 0 Å². The average Bonchev–Trinajstić information content (AvgIpc) is 3.36. The molecule has 2 aromatic heterocycles. The van der Waals surface area contributed by atoms with Crippen LogP contribution in [0, 0.1) is 5.82 Å². The molecule has 4 heterocycles. The molecule has 3 aromatic rings. The van der Waals surface area contributed by atoms with E-state index in [0.29, 0.717) is 30.3 Å². The maximum atomic E-state index is 13.4. The molecule has 2 aliphatic rings. The fourth-order valence-corrected chi connectivity index (χ4v) is 4.11. The highest BCUT2D eigenvalue weighted by atomic mass is 19.4. The highest BCUT2D eigenvalue weighted by Gasteiger charge is 2.35. The van der Waals surface area contributed by atoms with Gasteiger partial charge in [-0.3, -0.25) is 4.57 Å². The number of halogens is 4. The third-order valence-corrected chi connectivity index (χ3v) is 5.68. The first kappa shape index (κ1) is 21.2. The molecule has 11 heteroatoms. The summed E-state index contributed by atoms with van der Waals surface area (Å²) in [4.78, 5) is 22.6. The molecule has 1 fully saturated rings. The number of anilines is 1. The molecule has 2 aliphatic heterocycles. The van der Waals surface area contributed by atoms with Crippen LogP contribution in [0.4, 0.5) is 23.4 Å². The summed E-state index contributed by atoms with van der Waals surface area (Å²) in [5.41, 5.74) is -1.13. The van der Waals surface area contributed by atoms with E-state index in [-0.39, 0.29) is 29.8 Å². The van der Waals surface area contributed by atoms with Crippen LogP contribution >= 0.6 is 0 Å². The van der Waals surface area contributed by atoms with Crippen molar-refractivity contribution in [3.8, 4) is 17.5 Å². The van der Waals surface area contributed by atoms with E-state index in [1.807, 2.05) is 0 Å². The van der Waals surface area contributed by atoms with Crippen LogP contribution in [0.3, 0.4) is 0 Å². The van der Waals surface area contributed by atoms with Gasteiger partial charge in [0.2, 0.25) is 11.8 Å². The first-order valence-corrected chi connectivity index (χ1v) is 10.3. The van der Waals surface area contributed by atoms with E-state index in [0.717, 1.165) is 31.3 Å². The number of hydrogen-bond acceptors (Lipinski definition) is 6. The van der Waals surface area contributed by atoms with Gasteiger partial charge in [0.25, 0.3) is 0 Å². The molecule has 0 spiro atoms. The van der Waals surface area contributed by atoms with Crippen LogP contribution in [0.25, 0.3) is 0 Å². The Kier molecular flexibility index (Phi) is 5.18. The van der Waals surface area contributed by atoms with Crippen molar-refractivity contribution in [2.75, 3.05) is 11.4 Å². The number of pyridine rings is 1. The molecule has 1 saturated heterocycles. The van der Waals surface area contributed by atoms with Gasteiger partial charge >= 0.3 is 11.9 Å². The first-order valence-electron chi connectivity index (χ1n) is 10.3. The number of fused-ring (bicyclic) bond motifs is 3. The van der Waals surface area contributed by atoms with Crippen molar-refractivity contribution in [3.63, 3.8) is 0 Å². The highest BCUT2D eigenvalue weighted by molar-refractivity contribution is 5.48. The lowest BCUT2D eigenvalue weighted by Crippen LogP contribution is -2.24. The Morgan fingerprint density at radius 2 is 1.97 bits per heavy atom. The van der Waals surface area contributed by atoms with Gasteiger partial charge in [0.05, 0.1) is 5.56 Å². The van der Waals surface area contributed by atoms with Crippen molar-refractivity contribution >= 4 is 5.82 Å². The fourth-order valence-electron chi connectivity index (χ4n) is 4.11. The molecular weight excluding hydrogens is 444 g/mol. The van der Waals surface area contributed by atoms with Gasteiger partial charge in [0.15, 0.2) is 0 Å².